The second kappa shape index (κ2) is 8.04. The van der Waals surface area contributed by atoms with Gasteiger partial charge in [0.1, 0.15) is 0 Å². The maximum absolute atomic E-state index is 11.6. The largest absolute Gasteiger partial charge is 0.355 e. The molecule has 0 bridgehead atoms. The van der Waals surface area contributed by atoms with E-state index in [0.717, 1.165) is 45.0 Å². The molecule has 1 aliphatic heterocycles. The topological polar surface area (TPSA) is 48.5 Å². The Hall–Kier alpha value is -2.24. The molecule has 1 N–H and O–H groups in total. The molecule has 0 saturated carbocycles. The van der Waals surface area contributed by atoms with E-state index in [0.29, 0.717) is 5.56 Å². The lowest BCUT2D eigenvalue weighted by Gasteiger charge is -2.34. The number of nitrogens with one attached hydrogen (secondary N) is 1. The summed E-state index contributed by atoms with van der Waals surface area (Å²) in [4.78, 5) is 20.9. The Balaban J connectivity index is 1.47. The molecule has 1 aromatic carbocycles. The zero-order valence-electron chi connectivity index (χ0n) is 14.1. The van der Waals surface area contributed by atoms with E-state index >= 15 is 0 Å². The van der Waals surface area contributed by atoms with Gasteiger partial charge in [-0.1, -0.05) is 18.2 Å². The number of carbonyl (C=O) groups excluding carboxylic acids is 1. The normalized spacial score (nSPS) is 16.0. The van der Waals surface area contributed by atoms with E-state index in [-0.39, 0.29) is 5.91 Å². The molecule has 126 valence electrons. The van der Waals surface area contributed by atoms with Crippen molar-refractivity contribution in [1.29, 1.82) is 0 Å². The smallest absolute Gasteiger partial charge is 0.251 e. The summed E-state index contributed by atoms with van der Waals surface area (Å²) in [6.07, 6.45) is 1.86. The van der Waals surface area contributed by atoms with Gasteiger partial charge in [-0.05, 0) is 29.8 Å². The van der Waals surface area contributed by atoms with Crippen LogP contribution in [0.5, 0.6) is 0 Å². The number of piperazine rings is 1. The van der Waals surface area contributed by atoms with Crippen LogP contribution in [0.2, 0.25) is 0 Å². The lowest BCUT2D eigenvalue weighted by molar-refractivity contribution is 0.0963. The van der Waals surface area contributed by atoms with Crippen molar-refractivity contribution in [3.63, 3.8) is 0 Å². The van der Waals surface area contributed by atoms with E-state index < -0.39 is 0 Å². The van der Waals surface area contributed by atoms with Crippen LogP contribution in [0.4, 0.5) is 0 Å². The van der Waals surface area contributed by atoms with Crippen LogP contribution >= 0.6 is 0 Å². The highest BCUT2D eigenvalue weighted by Crippen LogP contribution is 2.11. The lowest BCUT2D eigenvalue weighted by atomic mass is 10.1. The summed E-state index contributed by atoms with van der Waals surface area (Å²) in [6.45, 7) is 6.11. The van der Waals surface area contributed by atoms with Crippen LogP contribution in [0.3, 0.4) is 0 Å². The van der Waals surface area contributed by atoms with Crippen molar-refractivity contribution >= 4 is 5.91 Å². The molecule has 1 aliphatic rings. The minimum Gasteiger partial charge on any atom is -0.355 e. The Morgan fingerprint density at radius 3 is 2.25 bits per heavy atom. The average Bonchev–Trinajstić information content (AvgIpc) is 2.64. The van der Waals surface area contributed by atoms with E-state index in [2.05, 4.69) is 26.2 Å². The summed E-state index contributed by atoms with van der Waals surface area (Å²) in [5.41, 5.74) is 3.10. The van der Waals surface area contributed by atoms with E-state index in [1.54, 1.807) is 7.05 Å². The number of hydrogen-bond donors (Lipinski definition) is 1. The minimum atomic E-state index is -0.0373. The molecule has 24 heavy (non-hydrogen) atoms. The van der Waals surface area contributed by atoms with Crippen molar-refractivity contribution in [3.05, 3.63) is 65.5 Å². The third-order valence-corrected chi connectivity index (χ3v) is 4.43. The van der Waals surface area contributed by atoms with Gasteiger partial charge in [0.05, 0.1) is 5.69 Å². The second-order valence-corrected chi connectivity index (χ2v) is 6.15. The zero-order chi connectivity index (χ0) is 16.8. The highest BCUT2D eigenvalue weighted by molar-refractivity contribution is 5.93. The number of nitrogens with zero attached hydrogens (tertiary/aromatic N) is 3. The maximum atomic E-state index is 11.6. The van der Waals surface area contributed by atoms with Crippen molar-refractivity contribution in [2.45, 2.75) is 13.1 Å². The van der Waals surface area contributed by atoms with Crippen LogP contribution in [0.15, 0.2) is 48.7 Å². The monoisotopic (exact) mass is 324 g/mol. The van der Waals surface area contributed by atoms with E-state index in [1.165, 1.54) is 5.56 Å². The van der Waals surface area contributed by atoms with Gasteiger partial charge in [0.15, 0.2) is 0 Å². The molecule has 1 aromatic heterocycles. The third kappa shape index (κ3) is 4.40. The molecule has 2 aromatic rings. The van der Waals surface area contributed by atoms with Gasteiger partial charge >= 0.3 is 0 Å². The Bertz CT molecular complexity index is 649. The highest BCUT2D eigenvalue weighted by Gasteiger charge is 2.17. The molecule has 0 aliphatic carbocycles. The molecule has 0 unspecified atom stereocenters. The Kier molecular flexibility index (Phi) is 5.56. The predicted molar refractivity (Wildman–Crippen MR) is 94.6 cm³/mol. The van der Waals surface area contributed by atoms with Crippen LogP contribution in [0, 0.1) is 0 Å². The van der Waals surface area contributed by atoms with Gasteiger partial charge in [0.25, 0.3) is 5.91 Å². The maximum Gasteiger partial charge on any atom is 0.251 e. The molecule has 1 amide bonds. The number of amides is 1. The third-order valence-electron chi connectivity index (χ3n) is 4.43. The first-order valence-corrected chi connectivity index (χ1v) is 8.40. The Morgan fingerprint density at radius 1 is 1.00 bits per heavy atom. The fraction of sp³-hybridized carbons (Fsp3) is 0.368. The van der Waals surface area contributed by atoms with Crippen molar-refractivity contribution in [2.24, 2.45) is 0 Å². The molecular formula is C19H24N4O. The van der Waals surface area contributed by atoms with Gasteiger partial charge in [-0.25, -0.2) is 0 Å². The molecule has 5 nitrogen and oxygen atoms in total. The standard InChI is InChI=1S/C19H24N4O/c1-20-19(24)17-7-5-16(6-8-17)14-22-10-12-23(13-11-22)15-18-4-2-3-9-21-18/h2-9H,10-15H2,1H3,(H,20,24). The first kappa shape index (κ1) is 16.6. The summed E-state index contributed by atoms with van der Waals surface area (Å²) in [7, 11) is 1.65. The SMILES string of the molecule is CNC(=O)c1ccc(CN2CCN(Cc3ccccn3)CC2)cc1. The molecular weight excluding hydrogens is 300 g/mol. The van der Waals surface area contributed by atoms with Gasteiger partial charge in [-0.3, -0.25) is 19.6 Å². The van der Waals surface area contributed by atoms with Crippen LogP contribution in [-0.4, -0.2) is 53.9 Å². The van der Waals surface area contributed by atoms with Crippen molar-refractivity contribution in [3.8, 4) is 0 Å². The molecule has 5 heteroatoms. The fourth-order valence-corrected chi connectivity index (χ4v) is 2.99. The first-order chi connectivity index (χ1) is 11.7. The van der Waals surface area contributed by atoms with E-state index in [4.69, 9.17) is 0 Å². The van der Waals surface area contributed by atoms with Gasteiger partial charge in [-0.15, -0.1) is 0 Å². The summed E-state index contributed by atoms with van der Waals surface area (Å²) < 4.78 is 0. The van der Waals surface area contributed by atoms with Crippen molar-refractivity contribution < 1.29 is 4.79 Å². The number of aromatic nitrogens is 1. The molecule has 1 saturated heterocycles. The molecule has 3 rings (SSSR count). The van der Waals surface area contributed by atoms with Crippen molar-refractivity contribution in [2.75, 3.05) is 33.2 Å². The van der Waals surface area contributed by atoms with Crippen LogP contribution in [-0.2, 0) is 13.1 Å². The number of carbonyl (C=O) groups is 1. The highest BCUT2D eigenvalue weighted by atomic mass is 16.1. The molecule has 0 atom stereocenters. The Morgan fingerprint density at radius 2 is 1.67 bits per heavy atom. The van der Waals surface area contributed by atoms with Gasteiger partial charge in [0.2, 0.25) is 0 Å². The number of hydrogen-bond acceptors (Lipinski definition) is 4. The molecule has 0 radical (unpaired) electrons. The zero-order valence-corrected chi connectivity index (χ0v) is 14.1. The quantitative estimate of drug-likeness (QED) is 0.910. The van der Waals surface area contributed by atoms with E-state index in [1.807, 2.05) is 42.6 Å². The fourth-order valence-electron chi connectivity index (χ4n) is 2.99. The van der Waals surface area contributed by atoms with Gasteiger partial charge < -0.3 is 5.32 Å². The number of benzene rings is 1. The summed E-state index contributed by atoms with van der Waals surface area (Å²) >= 11 is 0. The molecule has 0 spiro atoms. The Labute approximate surface area is 143 Å². The molecule has 1 fully saturated rings. The number of pyridine rings is 1. The van der Waals surface area contributed by atoms with Crippen LogP contribution in [0.25, 0.3) is 0 Å². The minimum absolute atomic E-state index is 0.0373. The summed E-state index contributed by atoms with van der Waals surface area (Å²) in [5.74, 6) is -0.0373. The van der Waals surface area contributed by atoms with Crippen LogP contribution < -0.4 is 5.32 Å². The summed E-state index contributed by atoms with van der Waals surface area (Å²) in [5, 5.41) is 2.65. The first-order valence-electron chi connectivity index (χ1n) is 8.40. The molecule has 2 heterocycles. The number of rotatable bonds is 5. The van der Waals surface area contributed by atoms with Gasteiger partial charge in [-0.2, -0.15) is 0 Å². The summed E-state index contributed by atoms with van der Waals surface area (Å²) in [6, 6.07) is 14.0. The van der Waals surface area contributed by atoms with Gasteiger partial charge in [0, 0.05) is 58.1 Å². The second-order valence-electron chi connectivity index (χ2n) is 6.15. The average molecular weight is 324 g/mol. The lowest BCUT2D eigenvalue weighted by Crippen LogP contribution is -2.45. The predicted octanol–water partition coefficient (Wildman–Crippen LogP) is 1.76. The van der Waals surface area contributed by atoms with E-state index in [9.17, 15) is 4.79 Å². The van der Waals surface area contributed by atoms with Crippen LogP contribution in [0.1, 0.15) is 21.6 Å². The van der Waals surface area contributed by atoms with Crippen molar-refractivity contribution in [1.82, 2.24) is 20.1 Å².